The molecule has 0 saturated carbocycles. The van der Waals surface area contributed by atoms with Crippen LogP contribution in [-0.4, -0.2) is 14.2 Å². The highest BCUT2D eigenvalue weighted by Crippen LogP contribution is 2.24. The molecule has 1 N–H and O–H groups in total. The predicted molar refractivity (Wildman–Crippen MR) is 67.4 cm³/mol. The Balaban J connectivity index is 2.83. The molecule has 2 nitrogen and oxygen atoms in total. The van der Waals surface area contributed by atoms with Gasteiger partial charge in [0.2, 0.25) is 0 Å². The molecule has 0 aliphatic carbocycles. The van der Waals surface area contributed by atoms with Crippen molar-refractivity contribution >= 4 is 0 Å². The van der Waals surface area contributed by atoms with E-state index in [4.69, 9.17) is 4.74 Å². The number of hydrogen-bond acceptors (Lipinski definition) is 2. The molecule has 1 rings (SSSR count). The van der Waals surface area contributed by atoms with Crippen LogP contribution in [0.3, 0.4) is 0 Å². The van der Waals surface area contributed by atoms with Gasteiger partial charge in [-0.3, -0.25) is 0 Å². The maximum atomic E-state index is 13.8. The summed E-state index contributed by atoms with van der Waals surface area (Å²) in [5, 5.41) is 3.11. The monoisotopic (exact) mass is 235 g/mol. The molecule has 0 fully saturated rings. The molecule has 0 bridgehead atoms. The van der Waals surface area contributed by atoms with Crippen molar-refractivity contribution < 1.29 is 9.13 Å². The second kappa shape index (κ2) is 6.93. The zero-order valence-corrected chi connectivity index (χ0v) is 10.5. The molecule has 0 aromatic heterocycles. The van der Waals surface area contributed by atoms with Crippen molar-refractivity contribution in [1.29, 1.82) is 0 Å². The first-order chi connectivity index (χ1) is 8.22. The lowest BCUT2D eigenvalue weighted by molar-refractivity contribution is 0.409. The molecular weight excluding hydrogens is 217 g/mol. The minimum absolute atomic E-state index is 0.0123. The number of nitrogens with one attached hydrogen (secondary N) is 1. The highest BCUT2D eigenvalue weighted by molar-refractivity contribution is 5.30. The smallest absolute Gasteiger partial charge is 0.131 e. The Morgan fingerprint density at radius 3 is 2.76 bits per heavy atom. The van der Waals surface area contributed by atoms with Gasteiger partial charge in [-0.15, -0.1) is 11.8 Å². The molecule has 1 atom stereocenters. The van der Waals surface area contributed by atoms with Crippen LogP contribution in [0.5, 0.6) is 5.75 Å². The van der Waals surface area contributed by atoms with E-state index in [1.165, 1.54) is 13.2 Å². The maximum absolute atomic E-state index is 13.8. The van der Waals surface area contributed by atoms with E-state index in [9.17, 15) is 4.39 Å². The summed E-state index contributed by atoms with van der Waals surface area (Å²) in [6, 6.07) is 4.93. The van der Waals surface area contributed by atoms with E-state index in [0.29, 0.717) is 11.3 Å². The van der Waals surface area contributed by atoms with Gasteiger partial charge in [0, 0.05) is 24.1 Å². The fourth-order valence-electron chi connectivity index (χ4n) is 1.71. The van der Waals surface area contributed by atoms with E-state index in [1.807, 2.05) is 14.0 Å². The standard InChI is InChI=1S/C14H18FNO/c1-4-5-6-7-14(16-2)12-9-8-11(17-3)10-13(12)15/h8-10,14,16H,6-7H2,1-3H3. The largest absolute Gasteiger partial charge is 0.497 e. The lowest BCUT2D eigenvalue weighted by atomic mass is 10.0. The topological polar surface area (TPSA) is 21.3 Å². The van der Waals surface area contributed by atoms with Crippen LogP contribution in [-0.2, 0) is 0 Å². The van der Waals surface area contributed by atoms with Crippen molar-refractivity contribution in [3.8, 4) is 17.6 Å². The molecular formula is C14H18FNO. The third kappa shape index (κ3) is 3.76. The Morgan fingerprint density at radius 1 is 1.47 bits per heavy atom. The highest BCUT2D eigenvalue weighted by atomic mass is 19.1. The minimum Gasteiger partial charge on any atom is -0.497 e. The molecule has 0 aliphatic rings. The number of ether oxygens (including phenoxy) is 1. The van der Waals surface area contributed by atoms with Crippen LogP contribution in [0.4, 0.5) is 4.39 Å². The van der Waals surface area contributed by atoms with Crippen LogP contribution >= 0.6 is 0 Å². The van der Waals surface area contributed by atoms with E-state index >= 15 is 0 Å². The lowest BCUT2D eigenvalue weighted by Gasteiger charge is -2.16. The van der Waals surface area contributed by atoms with Crippen LogP contribution in [0.1, 0.15) is 31.4 Å². The molecule has 1 aromatic rings. The number of methoxy groups -OCH3 is 1. The Bertz CT molecular complexity index is 420. The van der Waals surface area contributed by atoms with Gasteiger partial charge in [0.05, 0.1) is 7.11 Å². The SMILES string of the molecule is CC#CCCC(NC)c1ccc(OC)cc1F. The average molecular weight is 235 g/mol. The van der Waals surface area contributed by atoms with Crippen molar-refractivity contribution in [3.05, 3.63) is 29.6 Å². The molecule has 1 unspecified atom stereocenters. The van der Waals surface area contributed by atoms with Gasteiger partial charge < -0.3 is 10.1 Å². The summed E-state index contributed by atoms with van der Waals surface area (Å²) in [6.45, 7) is 1.81. The number of benzene rings is 1. The predicted octanol–water partition coefficient (Wildman–Crippen LogP) is 2.90. The number of rotatable bonds is 5. The summed E-state index contributed by atoms with van der Waals surface area (Å²) in [4.78, 5) is 0. The summed E-state index contributed by atoms with van der Waals surface area (Å²) in [5.41, 5.74) is 0.659. The number of halogens is 1. The summed E-state index contributed by atoms with van der Waals surface area (Å²) < 4.78 is 18.8. The molecule has 0 amide bonds. The second-order valence-electron chi connectivity index (χ2n) is 3.69. The fraction of sp³-hybridized carbons (Fsp3) is 0.429. The second-order valence-corrected chi connectivity index (χ2v) is 3.69. The van der Waals surface area contributed by atoms with Crippen LogP contribution in [0.15, 0.2) is 18.2 Å². The van der Waals surface area contributed by atoms with E-state index in [2.05, 4.69) is 17.2 Å². The normalized spacial score (nSPS) is 11.5. The summed E-state index contributed by atoms with van der Waals surface area (Å²) in [5.74, 6) is 6.12. The molecule has 3 heteroatoms. The molecule has 0 radical (unpaired) electrons. The first-order valence-corrected chi connectivity index (χ1v) is 5.63. The zero-order valence-electron chi connectivity index (χ0n) is 10.5. The number of hydrogen-bond donors (Lipinski definition) is 1. The summed E-state index contributed by atoms with van der Waals surface area (Å²) in [7, 11) is 3.36. The molecule has 92 valence electrons. The Labute approximate surface area is 102 Å². The highest BCUT2D eigenvalue weighted by Gasteiger charge is 2.13. The third-order valence-corrected chi connectivity index (χ3v) is 2.67. The van der Waals surface area contributed by atoms with Gasteiger partial charge in [-0.25, -0.2) is 4.39 Å². The Morgan fingerprint density at radius 2 is 2.24 bits per heavy atom. The molecule has 0 aliphatic heterocycles. The molecule has 0 heterocycles. The van der Waals surface area contributed by atoms with Crippen molar-refractivity contribution in [1.82, 2.24) is 5.32 Å². The molecule has 1 aromatic carbocycles. The minimum atomic E-state index is -0.242. The van der Waals surface area contributed by atoms with Gasteiger partial charge in [-0.2, -0.15) is 0 Å². The lowest BCUT2D eigenvalue weighted by Crippen LogP contribution is -2.17. The van der Waals surface area contributed by atoms with E-state index in [1.54, 1.807) is 12.1 Å². The van der Waals surface area contributed by atoms with Gasteiger partial charge in [-0.1, -0.05) is 6.07 Å². The zero-order chi connectivity index (χ0) is 12.7. The third-order valence-electron chi connectivity index (χ3n) is 2.67. The quantitative estimate of drug-likeness (QED) is 0.792. The van der Waals surface area contributed by atoms with Crippen LogP contribution in [0.2, 0.25) is 0 Å². The first-order valence-electron chi connectivity index (χ1n) is 5.63. The van der Waals surface area contributed by atoms with Crippen molar-refractivity contribution in [2.24, 2.45) is 0 Å². The van der Waals surface area contributed by atoms with Crippen molar-refractivity contribution in [2.45, 2.75) is 25.8 Å². The van der Waals surface area contributed by atoms with E-state index in [-0.39, 0.29) is 11.9 Å². The Kier molecular flexibility index (Phi) is 5.51. The fourth-order valence-corrected chi connectivity index (χ4v) is 1.71. The maximum Gasteiger partial charge on any atom is 0.131 e. The molecule has 0 spiro atoms. The van der Waals surface area contributed by atoms with Gasteiger partial charge in [0.15, 0.2) is 0 Å². The molecule has 0 saturated heterocycles. The summed E-state index contributed by atoms with van der Waals surface area (Å²) in [6.07, 6.45) is 1.55. The van der Waals surface area contributed by atoms with Gasteiger partial charge in [0.25, 0.3) is 0 Å². The van der Waals surface area contributed by atoms with Gasteiger partial charge in [0.1, 0.15) is 11.6 Å². The Hall–Kier alpha value is -1.53. The van der Waals surface area contributed by atoms with Crippen LogP contribution in [0, 0.1) is 17.7 Å². The van der Waals surface area contributed by atoms with Gasteiger partial charge in [-0.05, 0) is 26.5 Å². The van der Waals surface area contributed by atoms with Crippen LogP contribution in [0.25, 0.3) is 0 Å². The average Bonchev–Trinajstić information content (AvgIpc) is 2.35. The van der Waals surface area contributed by atoms with E-state index in [0.717, 1.165) is 12.8 Å². The van der Waals surface area contributed by atoms with Gasteiger partial charge >= 0.3 is 0 Å². The first kappa shape index (κ1) is 13.5. The van der Waals surface area contributed by atoms with Crippen molar-refractivity contribution in [3.63, 3.8) is 0 Å². The van der Waals surface area contributed by atoms with Crippen molar-refractivity contribution in [2.75, 3.05) is 14.2 Å². The van der Waals surface area contributed by atoms with E-state index < -0.39 is 0 Å². The summed E-state index contributed by atoms with van der Waals surface area (Å²) >= 11 is 0. The van der Waals surface area contributed by atoms with Crippen LogP contribution < -0.4 is 10.1 Å². The molecule has 17 heavy (non-hydrogen) atoms.